The van der Waals surface area contributed by atoms with Crippen LogP contribution in [-0.4, -0.2) is 56.2 Å². The van der Waals surface area contributed by atoms with E-state index in [0.29, 0.717) is 22.7 Å². The number of carbonyl (C=O) groups is 1. The highest BCUT2D eigenvalue weighted by molar-refractivity contribution is 7.71. The maximum atomic E-state index is 11.5. The largest absolute Gasteiger partial charge is 0.372 e. The Kier molecular flexibility index (Phi) is 7.41. The summed E-state index contributed by atoms with van der Waals surface area (Å²) in [5.41, 5.74) is 1.49. The summed E-state index contributed by atoms with van der Waals surface area (Å²) in [5, 5.41) is 9.37. The van der Waals surface area contributed by atoms with Crippen LogP contribution in [0.15, 0.2) is 12.3 Å². The Morgan fingerprint density at radius 2 is 2.36 bits per heavy atom. The fraction of sp³-hybridized carbons (Fsp3) is 0.611. The zero-order valence-corrected chi connectivity index (χ0v) is 15.8. The molecule has 6 nitrogen and oxygen atoms in total. The van der Waals surface area contributed by atoms with Gasteiger partial charge in [0.05, 0.1) is 5.69 Å². The number of pyridine rings is 1. The number of rotatable bonds is 7. The predicted octanol–water partition coefficient (Wildman–Crippen LogP) is 2.72. The summed E-state index contributed by atoms with van der Waals surface area (Å²) in [7, 11) is 3.46. The second kappa shape index (κ2) is 9.54. The van der Waals surface area contributed by atoms with Gasteiger partial charge in [-0.25, -0.2) is 0 Å². The Balaban J connectivity index is 1.82. The molecule has 1 aromatic rings. The molecular weight excluding hydrogens is 336 g/mol. The molecular formula is C18H26N4O2S. The van der Waals surface area contributed by atoms with Gasteiger partial charge in [0.1, 0.15) is 22.9 Å². The first-order valence-electron chi connectivity index (χ1n) is 8.67. The van der Waals surface area contributed by atoms with Gasteiger partial charge in [0.25, 0.3) is 0 Å². The van der Waals surface area contributed by atoms with Crippen molar-refractivity contribution in [1.82, 2.24) is 9.88 Å². The monoisotopic (exact) mass is 362 g/mol. The minimum atomic E-state index is -0.00604. The molecule has 1 atom stereocenters. The van der Waals surface area contributed by atoms with E-state index in [1.54, 1.807) is 20.3 Å². The van der Waals surface area contributed by atoms with Crippen LogP contribution in [-0.2, 0) is 9.53 Å². The minimum absolute atomic E-state index is 0.00604. The van der Waals surface area contributed by atoms with Crippen molar-refractivity contribution < 1.29 is 9.53 Å². The number of nitrogens with one attached hydrogen (secondary N) is 1. The van der Waals surface area contributed by atoms with Crippen LogP contribution in [0.5, 0.6) is 0 Å². The number of anilines is 1. The smallest absolute Gasteiger partial charge is 0.248 e. The van der Waals surface area contributed by atoms with Crippen LogP contribution in [0, 0.1) is 21.9 Å². The quantitative estimate of drug-likeness (QED) is 0.596. The molecule has 1 N–H and O–H groups in total. The molecule has 1 unspecified atom stereocenters. The Morgan fingerprint density at radius 1 is 1.56 bits per heavy atom. The van der Waals surface area contributed by atoms with E-state index in [0.717, 1.165) is 38.0 Å². The van der Waals surface area contributed by atoms with Gasteiger partial charge < -0.3 is 19.5 Å². The molecule has 0 radical (unpaired) electrons. The van der Waals surface area contributed by atoms with Crippen LogP contribution >= 0.6 is 12.2 Å². The number of hydrogen-bond donors (Lipinski definition) is 1. The highest BCUT2D eigenvalue weighted by Gasteiger charge is 2.22. The third-order valence-corrected chi connectivity index (χ3v) is 4.86. The van der Waals surface area contributed by atoms with E-state index in [9.17, 15) is 10.1 Å². The molecule has 0 spiro atoms. The summed E-state index contributed by atoms with van der Waals surface area (Å²) >= 11 is 5.22. The SMILES string of the molecule is CN(C)C(=O)COCCCC1CCCN(c2cc[nH]c(=S)c2C#N)C1. The van der Waals surface area contributed by atoms with E-state index < -0.39 is 0 Å². The zero-order chi connectivity index (χ0) is 18.2. The van der Waals surface area contributed by atoms with E-state index in [2.05, 4.69) is 16.0 Å². The van der Waals surface area contributed by atoms with Crippen molar-refractivity contribution in [3.63, 3.8) is 0 Å². The topological polar surface area (TPSA) is 72.4 Å². The molecule has 7 heteroatoms. The number of H-pyrrole nitrogens is 1. The van der Waals surface area contributed by atoms with Gasteiger partial charge in [0.15, 0.2) is 0 Å². The Bertz CT molecular complexity index is 680. The highest BCUT2D eigenvalue weighted by Crippen LogP contribution is 2.28. The number of nitrogens with zero attached hydrogens (tertiary/aromatic N) is 3. The van der Waals surface area contributed by atoms with Gasteiger partial charge in [0.2, 0.25) is 5.91 Å². The van der Waals surface area contributed by atoms with E-state index in [1.807, 2.05) is 6.07 Å². The number of likely N-dealkylation sites (N-methyl/N-ethyl adjacent to an activating group) is 1. The minimum Gasteiger partial charge on any atom is -0.372 e. The van der Waals surface area contributed by atoms with Gasteiger partial charge in [-0.1, -0.05) is 12.2 Å². The van der Waals surface area contributed by atoms with Crippen molar-refractivity contribution in [2.24, 2.45) is 5.92 Å². The van der Waals surface area contributed by atoms with Crippen LogP contribution in [0.25, 0.3) is 0 Å². The lowest BCUT2D eigenvalue weighted by molar-refractivity contribution is -0.133. The summed E-state index contributed by atoms with van der Waals surface area (Å²) in [6.07, 6.45) is 6.11. The second-order valence-corrected chi connectivity index (χ2v) is 7.02. The van der Waals surface area contributed by atoms with Gasteiger partial charge in [-0.15, -0.1) is 0 Å². The summed E-state index contributed by atoms with van der Waals surface area (Å²) in [4.78, 5) is 18.2. The first-order valence-corrected chi connectivity index (χ1v) is 9.08. The van der Waals surface area contributed by atoms with E-state index >= 15 is 0 Å². The average Bonchev–Trinajstić information content (AvgIpc) is 2.61. The average molecular weight is 362 g/mol. The zero-order valence-electron chi connectivity index (χ0n) is 15.0. The van der Waals surface area contributed by atoms with Gasteiger partial charge >= 0.3 is 0 Å². The van der Waals surface area contributed by atoms with Gasteiger partial charge in [-0.2, -0.15) is 5.26 Å². The first-order chi connectivity index (χ1) is 12.0. The number of carbonyl (C=O) groups excluding carboxylic acids is 1. The molecule has 1 amide bonds. The van der Waals surface area contributed by atoms with Crippen LogP contribution < -0.4 is 4.90 Å². The van der Waals surface area contributed by atoms with Crippen LogP contribution in [0.4, 0.5) is 5.69 Å². The Labute approximate surface area is 154 Å². The second-order valence-electron chi connectivity index (χ2n) is 6.62. The Morgan fingerprint density at radius 3 is 3.08 bits per heavy atom. The lowest BCUT2D eigenvalue weighted by Gasteiger charge is -2.35. The number of aromatic amines is 1. The molecule has 25 heavy (non-hydrogen) atoms. The van der Waals surface area contributed by atoms with Crippen molar-refractivity contribution in [3.8, 4) is 6.07 Å². The number of nitriles is 1. The number of hydrogen-bond acceptors (Lipinski definition) is 5. The molecule has 1 aliphatic heterocycles. The maximum Gasteiger partial charge on any atom is 0.248 e. The standard InChI is InChI=1S/C18H26N4O2S/c1-21(2)17(23)13-24-10-4-6-14-5-3-9-22(12-14)16-7-8-20-18(25)15(16)11-19/h7-8,14H,3-6,9-10,12-13H2,1-2H3,(H,20,25). The number of ether oxygens (including phenoxy) is 1. The molecule has 136 valence electrons. The number of piperidine rings is 1. The summed E-state index contributed by atoms with van der Waals surface area (Å²) < 4.78 is 5.95. The highest BCUT2D eigenvalue weighted by atomic mass is 32.1. The lowest BCUT2D eigenvalue weighted by Crippen LogP contribution is -2.36. The van der Waals surface area contributed by atoms with Crippen molar-refractivity contribution in [1.29, 1.82) is 5.26 Å². The molecule has 2 rings (SSSR count). The number of amides is 1. The van der Waals surface area contributed by atoms with E-state index in [4.69, 9.17) is 17.0 Å². The first kappa shape index (κ1) is 19.4. The molecule has 1 aromatic heterocycles. The van der Waals surface area contributed by atoms with Crippen molar-refractivity contribution in [3.05, 3.63) is 22.5 Å². The van der Waals surface area contributed by atoms with Crippen LogP contribution in [0.1, 0.15) is 31.2 Å². The molecule has 0 aliphatic carbocycles. The van der Waals surface area contributed by atoms with Crippen LogP contribution in [0.2, 0.25) is 0 Å². The number of aromatic nitrogens is 1. The summed E-state index contributed by atoms with van der Waals surface area (Å²) in [6.45, 7) is 2.65. The summed E-state index contributed by atoms with van der Waals surface area (Å²) in [5.74, 6) is 0.569. The third-order valence-electron chi connectivity index (χ3n) is 4.54. The molecule has 1 fully saturated rings. The fourth-order valence-electron chi connectivity index (χ4n) is 3.12. The molecule has 0 saturated carbocycles. The van der Waals surface area contributed by atoms with Crippen molar-refractivity contribution in [2.75, 3.05) is 45.3 Å². The maximum absolute atomic E-state index is 11.5. The summed E-state index contributed by atoms with van der Waals surface area (Å²) in [6, 6.07) is 4.16. The lowest BCUT2D eigenvalue weighted by atomic mass is 9.93. The van der Waals surface area contributed by atoms with Crippen LogP contribution in [0.3, 0.4) is 0 Å². The van der Waals surface area contributed by atoms with Gasteiger partial charge in [-0.05, 0) is 37.7 Å². The van der Waals surface area contributed by atoms with E-state index in [-0.39, 0.29) is 12.5 Å². The van der Waals surface area contributed by atoms with Crippen molar-refractivity contribution in [2.45, 2.75) is 25.7 Å². The van der Waals surface area contributed by atoms with Gasteiger partial charge in [0, 0.05) is 40.0 Å². The third kappa shape index (κ3) is 5.55. The van der Waals surface area contributed by atoms with Gasteiger partial charge in [-0.3, -0.25) is 4.79 Å². The molecule has 2 heterocycles. The molecule has 0 aromatic carbocycles. The van der Waals surface area contributed by atoms with E-state index in [1.165, 1.54) is 11.3 Å². The Hall–Kier alpha value is -1.91. The predicted molar refractivity (Wildman–Crippen MR) is 100 cm³/mol. The molecule has 1 saturated heterocycles. The molecule has 1 aliphatic rings. The molecule has 0 bridgehead atoms. The normalized spacial score (nSPS) is 17.2. The fourth-order valence-corrected chi connectivity index (χ4v) is 3.34. The van der Waals surface area contributed by atoms with Crippen molar-refractivity contribution >= 4 is 23.8 Å².